The highest BCUT2D eigenvalue weighted by Crippen LogP contribution is 2.38. The van der Waals surface area contributed by atoms with Crippen LogP contribution in [0, 0.1) is 0 Å². The van der Waals surface area contributed by atoms with Crippen molar-refractivity contribution < 1.29 is 19.0 Å². The zero-order chi connectivity index (χ0) is 19.1. The molecule has 9 heteroatoms. The first kappa shape index (κ1) is 20.7. The Balaban J connectivity index is 1.97. The molecule has 138 valence electrons. The Morgan fingerprint density at radius 3 is 2.50 bits per heavy atom. The Hall–Kier alpha value is -1.58. The first-order valence-electron chi connectivity index (χ1n) is 7.26. The molecule has 1 N–H and O–H groups in total. The number of rotatable bonds is 7. The molecule has 0 saturated heterocycles. The van der Waals surface area contributed by atoms with Gasteiger partial charge in [-0.05, 0) is 46.3 Å². The molecule has 0 radical (unpaired) electrons. The molecule has 2 rings (SSSR count). The predicted octanol–water partition coefficient (Wildman–Crippen LogP) is 4.52. The maximum absolute atomic E-state index is 12.0. The van der Waals surface area contributed by atoms with Gasteiger partial charge in [-0.15, -0.1) is 0 Å². The summed E-state index contributed by atoms with van der Waals surface area (Å²) in [5.74, 6) is 1.17. The summed E-state index contributed by atoms with van der Waals surface area (Å²) in [6.45, 7) is -0.219. The van der Waals surface area contributed by atoms with Crippen molar-refractivity contribution in [2.75, 3.05) is 20.8 Å². The molecule has 0 aliphatic carbocycles. The van der Waals surface area contributed by atoms with Crippen molar-refractivity contribution in [2.45, 2.75) is 0 Å². The number of hydrogen-bond acceptors (Lipinski definition) is 5. The van der Waals surface area contributed by atoms with Crippen molar-refractivity contribution in [3.8, 4) is 17.2 Å². The number of carbonyl (C=O) groups is 1. The minimum absolute atomic E-state index is 0.219. The molecule has 2 aromatic carbocycles. The molecular weight excluding hydrogens is 536 g/mol. The van der Waals surface area contributed by atoms with E-state index in [4.69, 9.17) is 14.2 Å². The lowest BCUT2D eigenvalue weighted by atomic mass is 10.2. The summed E-state index contributed by atoms with van der Waals surface area (Å²) in [7, 11) is 3.09. The van der Waals surface area contributed by atoms with Gasteiger partial charge in [0.1, 0.15) is 5.75 Å². The fourth-order valence-corrected chi connectivity index (χ4v) is 3.66. The number of carbonyl (C=O) groups excluding carboxylic acids is 1. The summed E-state index contributed by atoms with van der Waals surface area (Å²) in [5.41, 5.74) is 3.13. The molecule has 0 fully saturated rings. The quantitative estimate of drug-likeness (QED) is 0.406. The lowest BCUT2D eigenvalue weighted by molar-refractivity contribution is -0.123. The molecule has 0 aliphatic rings. The summed E-state index contributed by atoms with van der Waals surface area (Å²) in [6.07, 6.45) is 1.50. The molecule has 2 aromatic rings. The number of hydrazone groups is 1. The Bertz CT molecular complexity index is 828. The third-order valence-electron chi connectivity index (χ3n) is 3.13. The van der Waals surface area contributed by atoms with Crippen LogP contribution in [0.25, 0.3) is 0 Å². The van der Waals surface area contributed by atoms with Gasteiger partial charge in [-0.2, -0.15) is 5.10 Å². The van der Waals surface area contributed by atoms with Crippen molar-refractivity contribution in [1.82, 2.24) is 5.43 Å². The van der Waals surface area contributed by atoms with Gasteiger partial charge >= 0.3 is 0 Å². The van der Waals surface area contributed by atoms with E-state index in [1.54, 1.807) is 25.3 Å². The highest BCUT2D eigenvalue weighted by atomic mass is 79.9. The zero-order valence-corrected chi connectivity index (χ0v) is 18.6. The molecule has 0 unspecified atom stereocenters. The Morgan fingerprint density at radius 2 is 1.81 bits per heavy atom. The number of amides is 1. The van der Waals surface area contributed by atoms with Crippen LogP contribution in [0.4, 0.5) is 0 Å². The largest absolute Gasteiger partial charge is 0.496 e. The summed E-state index contributed by atoms with van der Waals surface area (Å²) in [5, 5.41) is 3.93. The van der Waals surface area contributed by atoms with Gasteiger partial charge in [-0.3, -0.25) is 4.79 Å². The van der Waals surface area contributed by atoms with Crippen LogP contribution in [-0.2, 0) is 4.79 Å². The summed E-state index contributed by atoms with van der Waals surface area (Å²) in [4.78, 5) is 12.0. The van der Waals surface area contributed by atoms with Crippen LogP contribution in [0.1, 0.15) is 5.56 Å². The zero-order valence-electron chi connectivity index (χ0n) is 13.9. The second-order valence-electron chi connectivity index (χ2n) is 4.89. The number of nitrogens with zero attached hydrogens (tertiary/aromatic N) is 1. The standard InChI is InChI=1S/C17H15Br3N2O4/c1-24-14-4-3-11(18)5-10(14)8-21-22-16(23)9-26-17-13(20)6-12(19)7-15(17)25-2/h3-8H,9H2,1-2H3,(H,22,23). The van der Waals surface area contributed by atoms with Crippen LogP contribution in [0.5, 0.6) is 17.2 Å². The number of halogens is 3. The molecule has 6 nitrogen and oxygen atoms in total. The Kier molecular flexibility index (Phi) is 7.92. The molecule has 0 atom stereocenters. The van der Waals surface area contributed by atoms with Gasteiger partial charge in [-0.1, -0.05) is 31.9 Å². The maximum atomic E-state index is 12.0. The van der Waals surface area contributed by atoms with Crippen molar-refractivity contribution >= 4 is 59.9 Å². The van der Waals surface area contributed by atoms with Crippen LogP contribution >= 0.6 is 47.8 Å². The number of nitrogens with one attached hydrogen (secondary N) is 1. The second kappa shape index (κ2) is 9.94. The van der Waals surface area contributed by atoms with Gasteiger partial charge < -0.3 is 14.2 Å². The van der Waals surface area contributed by atoms with Gasteiger partial charge in [0.05, 0.1) is 24.9 Å². The lowest BCUT2D eigenvalue weighted by Gasteiger charge is -2.12. The van der Waals surface area contributed by atoms with E-state index in [2.05, 4.69) is 58.3 Å². The maximum Gasteiger partial charge on any atom is 0.277 e. The van der Waals surface area contributed by atoms with Crippen LogP contribution in [-0.4, -0.2) is 32.9 Å². The van der Waals surface area contributed by atoms with E-state index in [0.29, 0.717) is 21.7 Å². The molecule has 0 bridgehead atoms. The van der Waals surface area contributed by atoms with E-state index < -0.39 is 5.91 Å². The van der Waals surface area contributed by atoms with Gasteiger partial charge in [-0.25, -0.2) is 5.43 Å². The van der Waals surface area contributed by atoms with Crippen molar-refractivity contribution in [1.29, 1.82) is 0 Å². The summed E-state index contributed by atoms with van der Waals surface area (Å²) in [6, 6.07) is 9.03. The predicted molar refractivity (Wildman–Crippen MR) is 110 cm³/mol. The van der Waals surface area contributed by atoms with Crippen molar-refractivity contribution in [3.05, 3.63) is 49.3 Å². The summed E-state index contributed by atoms with van der Waals surface area (Å²) >= 11 is 10.1. The van der Waals surface area contributed by atoms with Crippen molar-refractivity contribution in [2.24, 2.45) is 5.10 Å². The molecular formula is C17H15Br3N2O4. The van der Waals surface area contributed by atoms with Crippen LogP contribution in [0.2, 0.25) is 0 Å². The normalized spacial score (nSPS) is 10.7. The lowest BCUT2D eigenvalue weighted by Crippen LogP contribution is -2.24. The van der Waals surface area contributed by atoms with Gasteiger partial charge in [0.2, 0.25) is 0 Å². The topological polar surface area (TPSA) is 69.2 Å². The third kappa shape index (κ3) is 5.72. The fourth-order valence-electron chi connectivity index (χ4n) is 1.98. The van der Waals surface area contributed by atoms with E-state index in [-0.39, 0.29) is 6.61 Å². The number of methoxy groups -OCH3 is 2. The molecule has 0 aromatic heterocycles. The first-order chi connectivity index (χ1) is 12.4. The van der Waals surface area contributed by atoms with E-state index in [1.807, 2.05) is 12.1 Å². The monoisotopic (exact) mass is 548 g/mol. The molecule has 0 saturated carbocycles. The molecule has 0 heterocycles. The van der Waals surface area contributed by atoms with E-state index in [9.17, 15) is 4.79 Å². The summed E-state index contributed by atoms with van der Waals surface area (Å²) < 4.78 is 18.4. The average Bonchev–Trinajstić information content (AvgIpc) is 2.60. The van der Waals surface area contributed by atoms with Gasteiger partial charge in [0.25, 0.3) is 5.91 Å². The minimum Gasteiger partial charge on any atom is -0.496 e. The highest BCUT2D eigenvalue weighted by Gasteiger charge is 2.12. The Morgan fingerprint density at radius 1 is 1.08 bits per heavy atom. The molecule has 0 aliphatic heterocycles. The van der Waals surface area contributed by atoms with E-state index in [1.165, 1.54) is 13.3 Å². The van der Waals surface area contributed by atoms with Crippen LogP contribution in [0.3, 0.4) is 0 Å². The smallest absolute Gasteiger partial charge is 0.277 e. The van der Waals surface area contributed by atoms with E-state index in [0.717, 1.165) is 14.5 Å². The van der Waals surface area contributed by atoms with Gasteiger partial charge in [0, 0.05) is 14.5 Å². The van der Waals surface area contributed by atoms with E-state index >= 15 is 0 Å². The Labute approximate surface area is 176 Å². The van der Waals surface area contributed by atoms with Crippen LogP contribution in [0.15, 0.2) is 48.9 Å². The number of benzene rings is 2. The molecule has 26 heavy (non-hydrogen) atoms. The first-order valence-corrected chi connectivity index (χ1v) is 9.63. The minimum atomic E-state index is -0.410. The SMILES string of the molecule is COc1ccc(Br)cc1C=NNC(=O)COc1c(Br)cc(Br)cc1OC. The second-order valence-corrected chi connectivity index (χ2v) is 7.57. The average molecular weight is 551 g/mol. The fraction of sp³-hybridized carbons (Fsp3) is 0.176. The highest BCUT2D eigenvalue weighted by molar-refractivity contribution is 9.11. The van der Waals surface area contributed by atoms with Gasteiger partial charge in [0.15, 0.2) is 18.1 Å². The van der Waals surface area contributed by atoms with Crippen LogP contribution < -0.4 is 19.6 Å². The number of hydrogen-bond donors (Lipinski definition) is 1. The number of ether oxygens (including phenoxy) is 3. The third-order valence-corrected chi connectivity index (χ3v) is 4.67. The van der Waals surface area contributed by atoms with Crippen molar-refractivity contribution in [3.63, 3.8) is 0 Å². The molecule has 0 spiro atoms. The molecule has 1 amide bonds.